The Morgan fingerprint density at radius 2 is 2.31 bits per heavy atom. The Labute approximate surface area is 110 Å². The second-order valence-electron chi connectivity index (χ2n) is 3.40. The van der Waals surface area contributed by atoms with Crippen LogP contribution in [0.2, 0.25) is 0 Å². The second kappa shape index (κ2) is 8.93. The SMILES string of the molecule is COCCNCCC=CCc1sccc1Br. The zero-order chi connectivity index (χ0) is 11.6. The number of rotatable bonds is 8. The molecule has 2 nitrogen and oxygen atoms in total. The van der Waals surface area contributed by atoms with Crippen LogP contribution in [0.15, 0.2) is 28.1 Å². The fourth-order valence-electron chi connectivity index (χ4n) is 1.26. The van der Waals surface area contributed by atoms with E-state index in [1.165, 1.54) is 9.35 Å². The van der Waals surface area contributed by atoms with Crippen LogP contribution in [0.4, 0.5) is 0 Å². The third-order valence-corrected chi connectivity index (χ3v) is 4.08. The van der Waals surface area contributed by atoms with Gasteiger partial charge in [0.1, 0.15) is 0 Å². The maximum Gasteiger partial charge on any atom is 0.0587 e. The van der Waals surface area contributed by atoms with Gasteiger partial charge in [-0.15, -0.1) is 11.3 Å². The Balaban J connectivity index is 2.03. The number of ether oxygens (including phenoxy) is 1. The van der Waals surface area contributed by atoms with Crippen LogP contribution in [0, 0.1) is 0 Å². The molecule has 0 saturated heterocycles. The molecule has 0 radical (unpaired) electrons. The fraction of sp³-hybridized carbons (Fsp3) is 0.500. The highest BCUT2D eigenvalue weighted by molar-refractivity contribution is 9.10. The summed E-state index contributed by atoms with van der Waals surface area (Å²) in [4.78, 5) is 1.39. The third-order valence-electron chi connectivity index (χ3n) is 2.13. The molecule has 0 aliphatic carbocycles. The van der Waals surface area contributed by atoms with Crippen LogP contribution < -0.4 is 5.32 Å². The molecule has 0 spiro atoms. The summed E-state index contributed by atoms with van der Waals surface area (Å²) in [5, 5.41) is 5.42. The Morgan fingerprint density at radius 3 is 3.00 bits per heavy atom. The van der Waals surface area contributed by atoms with Crippen molar-refractivity contribution in [1.29, 1.82) is 0 Å². The number of hydrogen-bond acceptors (Lipinski definition) is 3. The van der Waals surface area contributed by atoms with Crippen LogP contribution in [-0.4, -0.2) is 26.8 Å². The van der Waals surface area contributed by atoms with E-state index in [1.807, 2.05) is 0 Å². The summed E-state index contributed by atoms with van der Waals surface area (Å²) in [5.74, 6) is 0. The molecule has 0 atom stereocenters. The van der Waals surface area contributed by atoms with Crippen molar-refractivity contribution in [2.24, 2.45) is 0 Å². The first-order chi connectivity index (χ1) is 7.84. The Kier molecular flexibility index (Phi) is 7.76. The Morgan fingerprint density at radius 1 is 1.44 bits per heavy atom. The van der Waals surface area contributed by atoms with Gasteiger partial charge in [-0.05, 0) is 40.3 Å². The van der Waals surface area contributed by atoms with E-state index in [2.05, 4.69) is 44.8 Å². The molecule has 0 bridgehead atoms. The van der Waals surface area contributed by atoms with Gasteiger partial charge in [0.25, 0.3) is 0 Å². The largest absolute Gasteiger partial charge is 0.383 e. The lowest BCUT2D eigenvalue weighted by atomic mass is 10.3. The quantitative estimate of drug-likeness (QED) is 0.588. The highest BCUT2D eigenvalue weighted by Gasteiger charge is 1.97. The van der Waals surface area contributed by atoms with Crippen LogP contribution in [0.1, 0.15) is 11.3 Å². The van der Waals surface area contributed by atoms with Gasteiger partial charge < -0.3 is 10.1 Å². The van der Waals surface area contributed by atoms with Gasteiger partial charge in [0.2, 0.25) is 0 Å². The highest BCUT2D eigenvalue weighted by Crippen LogP contribution is 2.23. The smallest absolute Gasteiger partial charge is 0.0587 e. The average Bonchev–Trinajstić information content (AvgIpc) is 2.68. The lowest BCUT2D eigenvalue weighted by molar-refractivity contribution is 0.199. The van der Waals surface area contributed by atoms with Crippen molar-refractivity contribution in [3.8, 4) is 0 Å². The van der Waals surface area contributed by atoms with Gasteiger partial charge in [-0.25, -0.2) is 0 Å². The molecule has 0 fully saturated rings. The van der Waals surface area contributed by atoms with Crippen LogP contribution >= 0.6 is 27.3 Å². The summed E-state index contributed by atoms with van der Waals surface area (Å²) < 4.78 is 6.17. The first-order valence-corrected chi connectivity index (χ1v) is 7.08. The van der Waals surface area contributed by atoms with E-state index in [0.717, 1.165) is 32.5 Å². The maximum atomic E-state index is 4.95. The van der Waals surface area contributed by atoms with Crippen molar-refractivity contribution < 1.29 is 4.74 Å². The minimum absolute atomic E-state index is 0.784. The van der Waals surface area contributed by atoms with Gasteiger partial charge in [-0.3, -0.25) is 0 Å². The second-order valence-corrected chi connectivity index (χ2v) is 5.25. The summed E-state index contributed by atoms with van der Waals surface area (Å²) >= 11 is 5.32. The van der Waals surface area contributed by atoms with E-state index in [4.69, 9.17) is 4.74 Å². The fourth-order valence-corrected chi connectivity index (χ4v) is 2.75. The van der Waals surface area contributed by atoms with E-state index in [1.54, 1.807) is 18.4 Å². The van der Waals surface area contributed by atoms with Crippen LogP contribution in [0.5, 0.6) is 0 Å². The summed E-state index contributed by atoms with van der Waals surface area (Å²) in [6, 6.07) is 2.10. The lowest BCUT2D eigenvalue weighted by Crippen LogP contribution is -2.19. The summed E-state index contributed by atoms with van der Waals surface area (Å²) in [6.07, 6.45) is 6.56. The normalized spacial score (nSPS) is 11.4. The summed E-state index contributed by atoms with van der Waals surface area (Å²) in [5.41, 5.74) is 0. The highest BCUT2D eigenvalue weighted by atomic mass is 79.9. The van der Waals surface area contributed by atoms with Crippen LogP contribution in [-0.2, 0) is 11.2 Å². The first kappa shape index (κ1) is 13.9. The van der Waals surface area contributed by atoms with E-state index in [9.17, 15) is 0 Å². The molecule has 0 unspecified atom stereocenters. The van der Waals surface area contributed by atoms with Crippen molar-refractivity contribution in [2.75, 3.05) is 26.8 Å². The maximum absolute atomic E-state index is 4.95. The van der Waals surface area contributed by atoms with Gasteiger partial charge in [0.15, 0.2) is 0 Å². The average molecular weight is 304 g/mol. The molecular formula is C12H18BrNOS. The van der Waals surface area contributed by atoms with E-state index < -0.39 is 0 Å². The molecule has 1 heterocycles. The summed E-state index contributed by atoms with van der Waals surface area (Å²) in [7, 11) is 1.72. The van der Waals surface area contributed by atoms with Gasteiger partial charge >= 0.3 is 0 Å². The molecule has 0 saturated carbocycles. The number of methoxy groups -OCH3 is 1. The van der Waals surface area contributed by atoms with E-state index in [-0.39, 0.29) is 0 Å². The number of halogens is 1. The number of hydrogen-bond donors (Lipinski definition) is 1. The van der Waals surface area contributed by atoms with Crippen molar-refractivity contribution >= 4 is 27.3 Å². The predicted octanol–water partition coefficient (Wildman–Crippen LogP) is 3.24. The minimum atomic E-state index is 0.784. The molecule has 0 amide bonds. The molecule has 1 N–H and O–H groups in total. The molecule has 1 aromatic heterocycles. The zero-order valence-corrected chi connectivity index (χ0v) is 11.9. The van der Waals surface area contributed by atoms with Gasteiger partial charge in [0.05, 0.1) is 6.61 Å². The standard InChI is InChI=1S/C12H18BrNOS/c1-15-9-8-14-7-4-2-3-5-12-11(13)6-10-16-12/h2-3,6,10,14H,4-5,7-9H2,1H3. The molecule has 1 aromatic rings. The number of allylic oxidation sites excluding steroid dienone is 1. The lowest BCUT2D eigenvalue weighted by Gasteiger charge is -2.00. The van der Waals surface area contributed by atoms with E-state index >= 15 is 0 Å². The molecule has 4 heteroatoms. The molecule has 90 valence electrons. The van der Waals surface area contributed by atoms with Crippen LogP contribution in [0.25, 0.3) is 0 Å². The number of thiophene rings is 1. The predicted molar refractivity (Wildman–Crippen MR) is 74.2 cm³/mol. The van der Waals surface area contributed by atoms with E-state index in [0.29, 0.717) is 0 Å². The number of nitrogens with one attached hydrogen (secondary N) is 1. The van der Waals surface area contributed by atoms with Gasteiger partial charge in [-0.1, -0.05) is 12.2 Å². The monoisotopic (exact) mass is 303 g/mol. The molecule has 1 rings (SSSR count). The summed E-state index contributed by atoms with van der Waals surface area (Å²) in [6.45, 7) is 2.73. The van der Waals surface area contributed by atoms with Crippen molar-refractivity contribution in [1.82, 2.24) is 5.32 Å². The van der Waals surface area contributed by atoms with Crippen molar-refractivity contribution in [2.45, 2.75) is 12.8 Å². The van der Waals surface area contributed by atoms with Crippen molar-refractivity contribution in [3.05, 3.63) is 32.9 Å². The molecular weight excluding hydrogens is 286 g/mol. The van der Waals surface area contributed by atoms with Gasteiger partial charge in [0, 0.05) is 29.4 Å². The molecule has 0 aromatic carbocycles. The topological polar surface area (TPSA) is 21.3 Å². The van der Waals surface area contributed by atoms with Gasteiger partial charge in [-0.2, -0.15) is 0 Å². The molecule has 16 heavy (non-hydrogen) atoms. The first-order valence-electron chi connectivity index (χ1n) is 5.41. The zero-order valence-electron chi connectivity index (χ0n) is 9.54. The van der Waals surface area contributed by atoms with Crippen molar-refractivity contribution in [3.63, 3.8) is 0 Å². The Bertz CT molecular complexity index is 312. The van der Waals surface area contributed by atoms with Crippen LogP contribution in [0.3, 0.4) is 0 Å². The molecule has 0 aliphatic rings. The minimum Gasteiger partial charge on any atom is -0.383 e. The molecule has 0 aliphatic heterocycles. The third kappa shape index (κ3) is 5.80. The Hall–Kier alpha value is -0.160.